The molecule has 0 amide bonds. The third-order valence-electron chi connectivity index (χ3n) is 6.12. The molecule has 3 aliphatic carbocycles. The molecule has 0 bridgehead atoms. The molecule has 0 aromatic heterocycles. The van der Waals surface area contributed by atoms with Gasteiger partial charge in [0.15, 0.2) is 0 Å². The molecule has 0 spiro atoms. The van der Waals surface area contributed by atoms with E-state index in [9.17, 15) is 5.11 Å². The van der Waals surface area contributed by atoms with E-state index in [1.165, 1.54) is 19.3 Å². The van der Waals surface area contributed by atoms with E-state index in [0.29, 0.717) is 5.92 Å². The highest BCUT2D eigenvalue weighted by atomic mass is 28.3. The van der Waals surface area contributed by atoms with Crippen LogP contribution in [0.4, 0.5) is 0 Å². The maximum Gasteiger partial charge on any atom is 0.0948 e. The fourth-order valence-corrected chi connectivity index (χ4v) is 12.1. The number of rotatable bonds is 6. The maximum atomic E-state index is 11.3. The fraction of sp³-hybridized carbons (Fsp3) is 1.00. The predicted octanol–water partition coefficient (Wildman–Crippen LogP) is 3.98. The minimum absolute atomic E-state index is 0.263. The van der Waals surface area contributed by atoms with E-state index >= 15 is 0 Å². The topological polar surface area (TPSA) is 20.2 Å². The van der Waals surface area contributed by atoms with Gasteiger partial charge in [-0.05, 0) is 48.1 Å². The lowest BCUT2D eigenvalue weighted by molar-refractivity contribution is 0.0833. The molecule has 0 saturated heterocycles. The van der Waals surface area contributed by atoms with Crippen molar-refractivity contribution >= 4 is 8.07 Å². The van der Waals surface area contributed by atoms with Gasteiger partial charge in [-0.3, -0.25) is 0 Å². The van der Waals surface area contributed by atoms with Crippen molar-refractivity contribution in [2.75, 3.05) is 0 Å². The monoisotopic (exact) mass is 252 g/mol. The summed E-state index contributed by atoms with van der Waals surface area (Å²) in [5.74, 6) is 2.77. The highest BCUT2D eigenvalue weighted by molar-refractivity contribution is 6.85. The average Bonchev–Trinajstić information content (AvgIpc) is 3.08. The zero-order valence-electron chi connectivity index (χ0n) is 11.9. The second-order valence-electron chi connectivity index (χ2n) is 7.63. The molecule has 0 aromatic carbocycles. The number of aliphatic hydroxyl groups is 1. The highest BCUT2D eigenvalue weighted by Gasteiger charge is 2.76. The molecule has 0 radical (unpaired) electrons. The first kappa shape index (κ1) is 12.2. The van der Waals surface area contributed by atoms with Crippen LogP contribution in [0, 0.1) is 17.8 Å². The molecule has 2 heteroatoms. The van der Waals surface area contributed by atoms with Crippen molar-refractivity contribution < 1.29 is 5.11 Å². The Kier molecular flexibility index (Phi) is 2.59. The minimum atomic E-state index is -1.46. The van der Waals surface area contributed by atoms with Crippen molar-refractivity contribution in [3.63, 3.8) is 0 Å². The van der Waals surface area contributed by atoms with E-state index in [4.69, 9.17) is 0 Å². The molecule has 4 atom stereocenters. The van der Waals surface area contributed by atoms with Gasteiger partial charge < -0.3 is 5.11 Å². The lowest BCUT2D eigenvalue weighted by atomic mass is 10.0. The van der Waals surface area contributed by atoms with E-state index in [0.717, 1.165) is 35.8 Å². The van der Waals surface area contributed by atoms with E-state index in [1.54, 1.807) is 0 Å². The number of hydrogen-bond donors (Lipinski definition) is 1. The third-order valence-corrected chi connectivity index (χ3v) is 13.2. The van der Waals surface area contributed by atoms with Crippen molar-refractivity contribution in [2.24, 2.45) is 17.8 Å². The average molecular weight is 252 g/mol. The van der Waals surface area contributed by atoms with Gasteiger partial charge in [-0.25, -0.2) is 0 Å². The standard InChI is InChI=1S/C15H28OSi/c1-5-15(16,9-10(2)3)17(4,11-6-7-11)14-12-8-13(12)14/h10-14,16H,5-9H2,1-4H3. The van der Waals surface area contributed by atoms with Crippen molar-refractivity contribution in [1.82, 2.24) is 0 Å². The predicted molar refractivity (Wildman–Crippen MR) is 74.6 cm³/mol. The molecular weight excluding hydrogens is 224 g/mol. The quantitative estimate of drug-likeness (QED) is 0.709. The van der Waals surface area contributed by atoms with Crippen LogP contribution in [0.2, 0.25) is 17.6 Å². The van der Waals surface area contributed by atoms with Crippen LogP contribution in [-0.4, -0.2) is 18.4 Å². The molecule has 0 heterocycles. The summed E-state index contributed by atoms with van der Waals surface area (Å²) in [7, 11) is -1.46. The number of hydrogen-bond acceptors (Lipinski definition) is 1. The van der Waals surface area contributed by atoms with E-state index < -0.39 is 8.07 Å². The van der Waals surface area contributed by atoms with Crippen LogP contribution in [-0.2, 0) is 0 Å². The smallest absolute Gasteiger partial charge is 0.0948 e. The van der Waals surface area contributed by atoms with Gasteiger partial charge in [0.05, 0.1) is 13.3 Å². The van der Waals surface area contributed by atoms with Gasteiger partial charge in [0.1, 0.15) is 0 Å². The van der Waals surface area contributed by atoms with Crippen molar-refractivity contribution in [1.29, 1.82) is 0 Å². The molecule has 17 heavy (non-hydrogen) atoms. The molecule has 4 unspecified atom stereocenters. The Bertz CT molecular complexity index is 317. The second-order valence-corrected chi connectivity index (χ2v) is 12.6. The Morgan fingerprint density at radius 3 is 2.18 bits per heavy atom. The maximum absolute atomic E-state index is 11.3. The fourth-order valence-electron chi connectivity index (χ4n) is 4.73. The van der Waals surface area contributed by atoms with Crippen LogP contribution >= 0.6 is 0 Å². The summed E-state index contributed by atoms with van der Waals surface area (Å²) in [4.78, 5) is 0. The molecule has 1 nitrogen and oxygen atoms in total. The summed E-state index contributed by atoms with van der Waals surface area (Å²) in [6.45, 7) is 9.34. The summed E-state index contributed by atoms with van der Waals surface area (Å²) in [6, 6.07) is 0. The largest absolute Gasteiger partial charge is 0.393 e. The van der Waals surface area contributed by atoms with E-state index in [1.807, 2.05) is 0 Å². The van der Waals surface area contributed by atoms with Crippen molar-refractivity contribution in [3.05, 3.63) is 0 Å². The zero-order valence-corrected chi connectivity index (χ0v) is 12.9. The summed E-state index contributed by atoms with van der Waals surface area (Å²) >= 11 is 0. The Labute approximate surface area is 107 Å². The van der Waals surface area contributed by atoms with Gasteiger partial charge in [-0.1, -0.05) is 40.2 Å². The first-order chi connectivity index (χ1) is 7.94. The Morgan fingerprint density at radius 2 is 1.88 bits per heavy atom. The van der Waals surface area contributed by atoms with E-state index in [-0.39, 0.29) is 5.22 Å². The SMILES string of the molecule is CCC(O)(CC(C)C)[Si](C)(C1CC1)C1C2CC21. The minimum Gasteiger partial charge on any atom is -0.393 e. The van der Waals surface area contributed by atoms with Crippen LogP contribution in [0.1, 0.15) is 52.9 Å². The molecule has 0 aromatic rings. The molecule has 3 saturated carbocycles. The first-order valence-corrected chi connectivity index (χ1v) is 10.3. The summed E-state index contributed by atoms with van der Waals surface area (Å²) in [5.41, 5.74) is 1.97. The summed E-state index contributed by atoms with van der Waals surface area (Å²) in [5, 5.41) is 11.1. The molecule has 1 N–H and O–H groups in total. The van der Waals surface area contributed by atoms with Crippen LogP contribution < -0.4 is 0 Å². The summed E-state index contributed by atoms with van der Waals surface area (Å²) < 4.78 is 0. The molecular formula is C15H28OSi. The van der Waals surface area contributed by atoms with Crippen LogP contribution in [0.25, 0.3) is 0 Å². The molecule has 3 aliphatic rings. The lowest BCUT2D eigenvalue weighted by Crippen LogP contribution is -2.59. The van der Waals surface area contributed by atoms with Crippen molar-refractivity contribution in [2.45, 2.75) is 75.7 Å². The van der Waals surface area contributed by atoms with Crippen LogP contribution in [0.3, 0.4) is 0 Å². The third kappa shape index (κ3) is 1.67. The summed E-state index contributed by atoms with van der Waals surface area (Å²) in [6.07, 6.45) is 6.42. The van der Waals surface area contributed by atoms with E-state index in [2.05, 4.69) is 27.3 Å². The molecule has 98 valence electrons. The van der Waals surface area contributed by atoms with Gasteiger partial charge in [0, 0.05) is 0 Å². The van der Waals surface area contributed by atoms with Gasteiger partial charge in [-0.15, -0.1) is 0 Å². The lowest BCUT2D eigenvalue weighted by Gasteiger charge is -2.47. The second kappa shape index (κ2) is 3.60. The molecule has 0 aliphatic heterocycles. The normalized spacial score (nSPS) is 41.6. The Morgan fingerprint density at radius 1 is 1.29 bits per heavy atom. The van der Waals surface area contributed by atoms with Crippen LogP contribution in [0.15, 0.2) is 0 Å². The Hall–Kier alpha value is 0.177. The van der Waals surface area contributed by atoms with Gasteiger partial charge >= 0.3 is 0 Å². The first-order valence-electron chi connectivity index (χ1n) is 7.66. The van der Waals surface area contributed by atoms with Crippen molar-refractivity contribution in [3.8, 4) is 0 Å². The Balaban J connectivity index is 1.85. The molecule has 3 fully saturated rings. The zero-order chi connectivity index (χ0) is 12.4. The van der Waals surface area contributed by atoms with Gasteiger partial charge in [0.2, 0.25) is 0 Å². The highest BCUT2D eigenvalue weighted by Crippen LogP contribution is 2.80. The van der Waals surface area contributed by atoms with Gasteiger partial charge in [0.25, 0.3) is 0 Å². The van der Waals surface area contributed by atoms with Gasteiger partial charge in [-0.2, -0.15) is 0 Å². The number of fused-ring (bicyclic) bond motifs is 1. The molecule has 3 rings (SSSR count). The van der Waals surface area contributed by atoms with Crippen LogP contribution in [0.5, 0.6) is 0 Å².